The summed E-state index contributed by atoms with van der Waals surface area (Å²) in [6.07, 6.45) is 3.73. The van der Waals surface area contributed by atoms with Crippen LogP contribution in [0.5, 0.6) is 0 Å². The van der Waals surface area contributed by atoms with Crippen LogP contribution >= 0.6 is 15.9 Å². The zero-order valence-corrected chi connectivity index (χ0v) is 5.87. The normalized spacial score (nSPS) is 26.6. The second-order valence-electron chi connectivity index (χ2n) is 2.35. The van der Waals surface area contributed by atoms with Crippen molar-refractivity contribution >= 4 is 15.9 Å². The summed E-state index contributed by atoms with van der Waals surface area (Å²) in [4.78, 5) is 0. The molecule has 0 aromatic carbocycles. The molecule has 0 saturated heterocycles. The second-order valence-corrected chi connectivity index (χ2v) is 2.91. The predicted molar refractivity (Wildman–Crippen MR) is 34.6 cm³/mol. The van der Waals surface area contributed by atoms with Crippen molar-refractivity contribution in [3.63, 3.8) is 0 Å². The fourth-order valence-electron chi connectivity index (χ4n) is 0.765. The largest absolute Gasteiger partial charge is 0.324 e. The SMILES string of the molecule is NC1(CBr)CCC1. The zero-order valence-electron chi connectivity index (χ0n) is 4.28. The molecule has 0 atom stereocenters. The molecule has 2 heteroatoms. The van der Waals surface area contributed by atoms with Gasteiger partial charge in [0.05, 0.1) is 0 Å². The van der Waals surface area contributed by atoms with Gasteiger partial charge in [0.2, 0.25) is 0 Å². The van der Waals surface area contributed by atoms with Crippen molar-refractivity contribution < 1.29 is 0 Å². The first kappa shape index (κ1) is 5.57. The molecule has 0 unspecified atom stereocenters. The molecular weight excluding hydrogens is 154 g/mol. The van der Waals surface area contributed by atoms with Gasteiger partial charge in [0, 0.05) is 10.9 Å². The van der Waals surface area contributed by atoms with Gasteiger partial charge in [0.25, 0.3) is 0 Å². The average molecular weight is 164 g/mol. The van der Waals surface area contributed by atoms with Crippen molar-refractivity contribution in [2.45, 2.75) is 24.8 Å². The van der Waals surface area contributed by atoms with Crippen LogP contribution in [0.25, 0.3) is 0 Å². The van der Waals surface area contributed by atoms with Gasteiger partial charge in [-0.1, -0.05) is 15.9 Å². The monoisotopic (exact) mass is 163 g/mol. The average Bonchev–Trinajstić information content (AvgIpc) is 1.61. The lowest BCUT2D eigenvalue weighted by Crippen LogP contribution is -2.47. The quantitative estimate of drug-likeness (QED) is 0.580. The first-order valence-electron chi connectivity index (χ1n) is 2.62. The highest BCUT2D eigenvalue weighted by Crippen LogP contribution is 2.30. The molecule has 0 spiro atoms. The molecule has 7 heavy (non-hydrogen) atoms. The number of halogens is 1. The Kier molecular flexibility index (Phi) is 1.39. The third kappa shape index (κ3) is 0.970. The summed E-state index contributed by atoms with van der Waals surface area (Å²) in [6.45, 7) is 0. The second kappa shape index (κ2) is 1.75. The van der Waals surface area contributed by atoms with Crippen LogP contribution in [0.4, 0.5) is 0 Å². The molecule has 1 rings (SSSR count). The van der Waals surface area contributed by atoms with E-state index in [9.17, 15) is 0 Å². The van der Waals surface area contributed by atoms with E-state index < -0.39 is 0 Å². The molecule has 0 aliphatic heterocycles. The Labute approximate surface area is 52.4 Å². The maximum atomic E-state index is 5.76. The Morgan fingerprint density at radius 2 is 2.14 bits per heavy atom. The van der Waals surface area contributed by atoms with E-state index in [1.54, 1.807) is 0 Å². The maximum Gasteiger partial charge on any atom is 0.0252 e. The van der Waals surface area contributed by atoms with Gasteiger partial charge in [-0.15, -0.1) is 0 Å². The highest BCUT2D eigenvalue weighted by atomic mass is 79.9. The summed E-state index contributed by atoms with van der Waals surface area (Å²) in [7, 11) is 0. The lowest BCUT2D eigenvalue weighted by Gasteiger charge is -2.36. The van der Waals surface area contributed by atoms with Crippen molar-refractivity contribution in [3.05, 3.63) is 0 Å². The van der Waals surface area contributed by atoms with Crippen LogP contribution in [0.15, 0.2) is 0 Å². The lowest BCUT2D eigenvalue weighted by atomic mass is 9.80. The van der Waals surface area contributed by atoms with Crippen LogP contribution in [0.2, 0.25) is 0 Å². The van der Waals surface area contributed by atoms with Crippen molar-refractivity contribution in [2.24, 2.45) is 5.73 Å². The van der Waals surface area contributed by atoms with E-state index in [1.807, 2.05) is 0 Å². The van der Waals surface area contributed by atoms with Crippen LogP contribution in [0, 0.1) is 0 Å². The Bertz CT molecular complexity index is 63.0. The van der Waals surface area contributed by atoms with E-state index in [2.05, 4.69) is 15.9 Å². The number of hydrogen-bond acceptors (Lipinski definition) is 1. The third-order valence-corrected chi connectivity index (χ3v) is 2.73. The molecule has 0 amide bonds. The van der Waals surface area contributed by atoms with Crippen molar-refractivity contribution in [1.82, 2.24) is 0 Å². The molecule has 1 fully saturated rings. The van der Waals surface area contributed by atoms with Crippen LogP contribution < -0.4 is 5.73 Å². The van der Waals surface area contributed by atoms with Crippen LogP contribution in [-0.2, 0) is 0 Å². The van der Waals surface area contributed by atoms with Crippen molar-refractivity contribution in [3.8, 4) is 0 Å². The van der Waals surface area contributed by atoms with E-state index in [1.165, 1.54) is 19.3 Å². The number of nitrogens with two attached hydrogens (primary N) is 1. The van der Waals surface area contributed by atoms with Crippen molar-refractivity contribution in [1.29, 1.82) is 0 Å². The molecule has 2 N–H and O–H groups in total. The molecule has 1 aliphatic carbocycles. The van der Waals surface area contributed by atoms with Gasteiger partial charge in [-0.2, -0.15) is 0 Å². The fourth-order valence-corrected chi connectivity index (χ4v) is 1.33. The van der Waals surface area contributed by atoms with Gasteiger partial charge in [0.1, 0.15) is 0 Å². The lowest BCUT2D eigenvalue weighted by molar-refractivity contribution is 0.285. The predicted octanol–water partition coefficient (Wildman–Crippen LogP) is 1.26. The minimum Gasteiger partial charge on any atom is -0.324 e. The maximum absolute atomic E-state index is 5.76. The summed E-state index contributed by atoms with van der Waals surface area (Å²) < 4.78 is 0. The fraction of sp³-hybridized carbons (Fsp3) is 1.00. The first-order valence-corrected chi connectivity index (χ1v) is 3.74. The molecule has 0 radical (unpaired) electrons. The van der Waals surface area contributed by atoms with Gasteiger partial charge >= 0.3 is 0 Å². The van der Waals surface area contributed by atoms with E-state index in [4.69, 9.17) is 5.73 Å². The van der Waals surface area contributed by atoms with E-state index >= 15 is 0 Å². The standard InChI is InChI=1S/C5H10BrN/c6-4-5(7)2-1-3-5/h1-4,7H2. The molecule has 0 aromatic rings. The number of rotatable bonds is 1. The van der Waals surface area contributed by atoms with E-state index in [0.717, 1.165) is 5.33 Å². The minimum absolute atomic E-state index is 0.181. The molecule has 42 valence electrons. The summed E-state index contributed by atoms with van der Waals surface area (Å²) in [5, 5.41) is 0.972. The summed E-state index contributed by atoms with van der Waals surface area (Å²) in [6, 6.07) is 0. The molecular formula is C5H10BrN. The van der Waals surface area contributed by atoms with Crippen molar-refractivity contribution in [2.75, 3.05) is 5.33 Å². The smallest absolute Gasteiger partial charge is 0.0252 e. The highest BCUT2D eigenvalue weighted by Gasteiger charge is 2.30. The Hall–Kier alpha value is 0.440. The van der Waals surface area contributed by atoms with Gasteiger partial charge in [0.15, 0.2) is 0 Å². The Morgan fingerprint density at radius 1 is 1.57 bits per heavy atom. The molecule has 0 bridgehead atoms. The molecule has 1 nitrogen and oxygen atoms in total. The van der Waals surface area contributed by atoms with Crippen LogP contribution in [-0.4, -0.2) is 10.9 Å². The van der Waals surface area contributed by atoms with Gasteiger partial charge in [-0.05, 0) is 19.3 Å². The third-order valence-electron chi connectivity index (χ3n) is 1.62. The first-order chi connectivity index (χ1) is 3.27. The Balaban J connectivity index is 2.29. The van der Waals surface area contributed by atoms with Gasteiger partial charge in [-0.25, -0.2) is 0 Å². The van der Waals surface area contributed by atoms with Crippen LogP contribution in [0.3, 0.4) is 0 Å². The highest BCUT2D eigenvalue weighted by molar-refractivity contribution is 9.09. The van der Waals surface area contributed by atoms with E-state index in [0.29, 0.717) is 0 Å². The molecule has 0 heterocycles. The zero-order chi connectivity index (χ0) is 5.33. The number of alkyl halides is 1. The molecule has 1 saturated carbocycles. The topological polar surface area (TPSA) is 26.0 Å². The summed E-state index contributed by atoms with van der Waals surface area (Å²) in [5.41, 5.74) is 5.94. The van der Waals surface area contributed by atoms with Gasteiger partial charge in [-0.3, -0.25) is 0 Å². The summed E-state index contributed by atoms with van der Waals surface area (Å²) >= 11 is 3.36. The van der Waals surface area contributed by atoms with Gasteiger partial charge < -0.3 is 5.73 Å². The molecule has 1 aliphatic rings. The summed E-state index contributed by atoms with van der Waals surface area (Å²) in [5.74, 6) is 0. The minimum atomic E-state index is 0.181. The number of hydrogen-bond donors (Lipinski definition) is 1. The van der Waals surface area contributed by atoms with Crippen LogP contribution in [0.1, 0.15) is 19.3 Å². The molecule has 0 aromatic heterocycles. The Morgan fingerprint density at radius 3 is 2.14 bits per heavy atom. The van der Waals surface area contributed by atoms with E-state index in [-0.39, 0.29) is 5.54 Å².